The molecule has 0 radical (unpaired) electrons. The van der Waals surface area contributed by atoms with E-state index in [-0.39, 0.29) is 24.8 Å². The molecule has 112 valence electrons. The Morgan fingerprint density at radius 1 is 1.05 bits per heavy atom. The third-order valence-corrected chi connectivity index (χ3v) is 3.99. The van der Waals surface area contributed by atoms with Crippen LogP contribution >= 0.6 is 0 Å². The minimum atomic E-state index is -0.744. The molecule has 0 heterocycles. The van der Waals surface area contributed by atoms with E-state index in [2.05, 4.69) is 0 Å². The van der Waals surface area contributed by atoms with E-state index < -0.39 is 5.41 Å². The van der Waals surface area contributed by atoms with Crippen molar-refractivity contribution < 1.29 is 13.9 Å². The van der Waals surface area contributed by atoms with E-state index in [1.54, 1.807) is 18.2 Å². The summed E-state index contributed by atoms with van der Waals surface area (Å²) in [6.45, 7) is 1.88. The van der Waals surface area contributed by atoms with Crippen LogP contribution in [-0.2, 0) is 11.8 Å². The zero-order valence-electron chi connectivity index (χ0n) is 11.9. The Morgan fingerprint density at radius 3 is 2.24 bits per heavy atom. The summed E-state index contributed by atoms with van der Waals surface area (Å²) in [5, 5.41) is 9.85. The smallest absolute Gasteiger partial charge is 0.123 e. The van der Waals surface area contributed by atoms with Gasteiger partial charge in [0, 0.05) is 12.0 Å². The lowest BCUT2D eigenvalue weighted by Gasteiger charge is -2.32. The Kier molecular flexibility index (Phi) is 4.70. The maximum Gasteiger partial charge on any atom is 0.123 e. The van der Waals surface area contributed by atoms with E-state index >= 15 is 0 Å². The second-order valence-electron chi connectivity index (χ2n) is 5.40. The van der Waals surface area contributed by atoms with Crippen LogP contribution in [0.4, 0.5) is 8.78 Å². The van der Waals surface area contributed by atoms with Crippen molar-refractivity contribution in [2.45, 2.75) is 18.8 Å². The molecule has 1 atom stereocenters. The van der Waals surface area contributed by atoms with Crippen molar-refractivity contribution in [3.05, 3.63) is 70.8 Å². The molecule has 0 amide bonds. The van der Waals surface area contributed by atoms with Gasteiger partial charge in [-0.15, -0.1) is 0 Å². The number of aliphatic hydroxyl groups is 1. The molecule has 0 bridgehead atoms. The van der Waals surface area contributed by atoms with Gasteiger partial charge in [0.1, 0.15) is 11.6 Å². The highest BCUT2D eigenvalue weighted by molar-refractivity contribution is 5.34. The number of halogens is 2. The fraction of sp³-hybridized carbons (Fsp3) is 0.294. The summed E-state index contributed by atoms with van der Waals surface area (Å²) in [5.74, 6) is -0.664. The molecule has 2 aromatic carbocycles. The van der Waals surface area contributed by atoms with Gasteiger partial charge in [-0.05, 0) is 54.3 Å². The number of hydrogen-bond donors (Lipinski definition) is 2. The van der Waals surface area contributed by atoms with Crippen molar-refractivity contribution in [1.82, 2.24) is 0 Å². The van der Waals surface area contributed by atoms with Gasteiger partial charge < -0.3 is 10.8 Å². The first-order chi connectivity index (χ1) is 10.0. The molecule has 4 heteroatoms. The first-order valence-corrected chi connectivity index (χ1v) is 6.83. The molecular weight excluding hydrogens is 272 g/mol. The largest absolute Gasteiger partial charge is 0.395 e. The maximum absolute atomic E-state index is 13.4. The fourth-order valence-electron chi connectivity index (χ4n) is 2.50. The van der Waals surface area contributed by atoms with Crippen LogP contribution in [-0.4, -0.2) is 18.3 Å². The minimum Gasteiger partial charge on any atom is -0.395 e. The van der Waals surface area contributed by atoms with Crippen molar-refractivity contribution in [2.24, 2.45) is 5.73 Å². The lowest BCUT2D eigenvalue weighted by atomic mass is 9.75. The minimum absolute atomic E-state index is 0.186. The first-order valence-electron chi connectivity index (χ1n) is 6.83. The summed E-state index contributed by atoms with van der Waals surface area (Å²) in [5.41, 5.74) is 7.61. The molecule has 2 aromatic rings. The van der Waals surface area contributed by atoms with Gasteiger partial charge in [-0.1, -0.05) is 18.2 Å². The number of hydrogen-bond acceptors (Lipinski definition) is 2. The summed E-state index contributed by atoms with van der Waals surface area (Å²) in [4.78, 5) is 0. The maximum atomic E-state index is 13.4. The van der Waals surface area contributed by atoms with Gasteiger partial charge in [-0.2, -0.15) is 0 Å². The zero-order chi connectivity index (χ0) is 15.5. The number of aliphatic hydroxyl groups excluding tert-OH is 1. The Morgan fingerprint density at radius 2 is 1.67 bits per heavy atom. The summed E-state index contributed by atoms with van der Waals surface area (Å²) in [7, 11) is 0. The van der Waals surface area contributed by atoms with E-state index in [0.717, 1.165) is 16.7 Å². The van der Waals surface area contributed by atoms with Gasteiger partial charge >= 0.3 is 0 Å². The Balaban J connectivity index is 2.42. The molecule has 0 saturated carbocycles. The van der Waals surface area contributed by atoms with Crippen LogP contribution in [0.5, 0.6) is 0 Å². The second-order valence-corrected chi connectivity index (χ2v) is 5.40. The molecule has 0 aliphatic rings. The molecule has 0 saturated heterocycles. The number of aryl methyl sites for hydroxylation is 1. The van der Waals surface area contributed by atoms with Crippen molar-refractivity contribution in [2.75, 3.05) is 13.2 Å². The Bertz CT molecular complexity index is 607. The SMILES string of the molecule is Cc1ccc(F)cc1CC(CN)(CO)c1ccc(F)cc1. The first kappa shape index (κ1) is 15.6. The number of benzene rings is 2. The van der Waals surface area contributed by atoms with E-state index in [1.165, 1.54) is 24.3 Å². The van der Waals surface area contributed by atoms with E-state index in [4.69, 9.17) is 5.73 Å². The predicted octanol–water partition coefficient (Wildman–Crippen LogP) is 2.70. The average molecular weight is 291 g/mol. The lowest BCUT2D eigenvalue weighted by molar-refractivity contribution is 0.195. The molecule has 0 aliphatic carbocycles. The highest BCUT2D eigenvalue weighted by Gasteiger charge is 2.31. The molecule has 3 N–H and O–H groups in total. The third kappa shape index (κ3) is 3.28. The molecule has 0 aliphatic heterocycles. The van der Waals surface area contributed by atoms with Crippen molar-refractivity contribution in [1.29, 1.82) is 0 Å². The van der Waals surface area contributed by atoms with Crippen LogP contribution in [0, 0.1) is 18.6 Å². The molecule has 1 unspecified atom stereocenters. The Hall–Kier alpha value is -1.78. The van der Waals surface area contributed by atoms with Gasteiger partial charge in [0.25, 0.3) is 0 Å². The third-order valence-electron chi connectivity index (χ3n) is 3.99. The van der Waals surface area contributed by atoms with Crippen LogP contribution in [0.1, 0.15) is 16.7 Å². The number of rotatable bonds is 5. The van der Waals surface area contributed by atoms with Crippen molar-refractivity contribution >= 4 is 0 Å². The normalized spacial score (nSPS) is 14.0. The van der Waals surface area contributed by atoms with Crippen LogP contribution in [0.3, 0.4) is 0 Å². The van der Waals surface area contributed by atoms with E-state index in [1.807, 2.05) is 6.92 Å². The highest BCUT2D eigenvalue weighted by Crippen LogP contribution is 2.29. The number of nitrogens with two attached hydrogens (primary N) is 1. The summed E-state index contributed by atoms with van der Waals surface area (Å²) < 4.78 is 26.5. The fourth-order valence-corrected chi connectivity index (χ4v) is 2.50. The summed E-state index contributed by atoms with van der Waals surface area (Å²) in [6, 6.07) is 10.5. The molecule has 0 spiro atoms. The predicted molar refractivity (Wildman–Crippen MR) is 79.1 cm³/mol. The van der Waals surface area contributed by atoms with Gasteiger partial charge in [0.2, 0.25) is 0 Å². The molecule has 2 rings (SSSR count). The molecule has 2 nitrogen and oxygen atoms in total. The van der Waals surface area contributed by atoms with E-state index in [0.29, 0.717) is 6.42 Å². The highest BCUT2D eigenvalue weighted by atomic mass is 19.1. The van der Waals surface area contributed by atoms with Gasteiger partial charge in [0.05, 0.1) is 6.61 Å². The standard InChI is InChI=1S/C17H19F2NO/c1-12-2-5-16(19)8-13(12)9-17(10-20,11-21)14-3-6-15(18)7-4-14/h2-8,21H,9-11,20H2,1H3. The van der Waals surface area contributed by atoms with Crippen LogP contribution in [0.2, 0.25) is 0 Å². The van der Waals surface area contributed by atoms with Crippen LogP contribution in [0.15, 0.2) is 42.5 Å². The lowest BCUT2D eigenvalue weighted by Crippen LogP contribution is -2.41. The second kappa shape index (κ2) is 6.33. The molecule has 0 fully saturated rings. The average Bonchev–Trinajstić information content (AvgIpc) is 2.49. The van der Waals surface area contributed by atoms with Crippen LogP contribution in [0.25, 0.3) is 0 Å². The quantitative estimate of drug-likeness (QED) is 0.889. The molecule has 0 aromatic heterocycles. The summed E-state index contributed by atoms with van der Waals surface area (Å²) in [6.07, 6.45) is 0.398. The van der Waals surface area contributed by atoms with Gasteiger partial charge in [-0.3, -0.25) is 0 Å². The van der Waals surface area contributed by atoms with Gasteiger partial charge in [0.15, 0.2) is 0 Å². The Labute approximate surface area is 123 Å². The van der Waals surface area contributed by atoms with Crippen molar-refractivity contribution in [3.63, 3.8) is 0 Å². The van der Waals surface area contributed by atoms with Crippen molar-refractivity contribution in [3.8, 4) is 0 Å². The summed E-state index contributed by atoms with van der Waals surface area (Å²) >= 11 is 0. The topological polar surface area (TPSA) is 46.2 Å². The molecular formula is C17H19F2NO. The monoisotopic (exact) mass is 291 g/mol. The molecule has 21 heavy (non-hydrogen) atoms. The van der Waals surface area contributed by atoms with E-state index in [9.17, 15) is 13.9 Å². The zero-order valence-corrected chi connectivity index (χ0v) is 11.9. The van der Waals surface area contributed by atoms with Gasteiger partial charge in [-0.25, -0.2) is 8.78 Å². The van der Waals surface area contributed by atoms with Crippen LogP contribution < -0.4 is 5.73 Å².